The van der Waals surface area contributed by atoms with Crippen LogP contribution < -0.4 is 0 Å². The predicted molar refractivity (Wildman–Crippen MR) is 74.3 cm³/mol. The molecule has 4 nitrogen and oxygen atoms in total. The number of hydrogen-bond acceptors (Lipinski definition) is 3. The average molecular weight is 312 g/mol. The van der Waals surface area contributed by atoms with Crippen molar-refractivity contribution in [1.82, 2.24) is 0 Å². The fraction of sp³-hybridized carbons (Fsp3) is 0.533. The molecular weight excluding hydrogens is 295 g/mol. The number of carbonyl (C=O) groups is 1. The van der Waals surface area contributed by atoms with Crippen LogP contribution in [0.25, 0.3) is 0 Å². The van der Waals surface area contributed by atoms with Gasteiger partial charge in [0.05, 0.1) is 11.7 Å². The molecule has 0 radical (unpaired) electrons. The Morgan fingerprint density at radius 1 is 1.29 bits per heavy atom. The summed E-state index contributed by atoms with van der Waals surface area (Å²) in [6.45, 7) is 0. The van der Waals surface area contributed by atoms with Gasteiger partial charge in [-0.25, -0.2) is 12.8 Å². The van der Waals surface area contributed by atoms with Crippen LogP contribution in [0.15, 0.2) is 23.1 Å². The Labute approximate surface area is 122 Å². The first-order chi connectivity index (χ1) is 9.89. The van der Waals surface area contributed by atoms with Crippen LogP contribution in [-0.2, 0) is 14.6 Å². The quantitative estimate of drug-likeness (QED) is 0.876. The molecule has 1 atom stereocenters. The smallest absolute Gasteiger partial charge is 0.303 e. The number of hydrogen-bond donors (Lipinski definition) is 1. The molecule has 0 spiro atoms. The van der Waals surface area contributed by atoms with Crippen molar-refractivity contribution in [3.63, 3.8) is 0 Å². The van der Waals surface area contributed by atoms with Crippen molar-refractivity contribution in [2.45, 2.75) is 48.2 Å². The molecular formula is C15H17FO4S. The van der Waals surface area contributed by atoms with Crippen LogP contribution in [0, 0.1) is 11.7 Å². The monoisotopic (exact) mass is 312 g/mol. The summed E-state index contributed by atoms with van der Waals surface area (Å²) in [6, 6.07) is 4.08. The van der Waals surface area contributed by atoms with Crippen LogP contribution in [-0.4, -0.2) is 24.7 Å². The van der Waals surface area contributed by atoms with Gasteiger partial charge in [-0.05, 0) is 55.2 Å². The van der Waals surface area contributed by atoms with Crippen molar-refractivity contribution in [2.24, 2.45) is 5.92 Å². The lowest BCUT2D eigenvalue weighted by atomic mass is 9.91. The van der Waals surface area contributed by atoms with E-state index < -0.39 is 26.9 Å². The molecule has 2 aliphatic carbocycles. The van der Waals surface area contributed by atoms with Gasteiger partial charge in [0, 0.05) is 0 Å². The maximum Gasteiger partial charge on any atom is 0.303 e. The molecule has 1 unspecified atom stereocenters. The van der Waals surface area contributed by atoms with Gasteiger partial charge in [0.15, 0.2) is 9.84 Å². The summed E-state index contributed by atoms with van der Waals surface area (Å²) in [7, 11) is -3.56. The second-order valence-corrected chi connectivity index (χ2v) is 8.17. The Balaban J connectivity index is 1.91. The number of carboxylic acids is 1. The molecule has 1 aromatic carbocycles. The zero-order valence-electron chi connectivity index (χ0n) is 11.5. The highest BCUT2D eigenvalue weighted by atomic mass is 32.2. The molecule has 0 heterocycles. The highest BCUT2D eigenvalue weighted by Gasteiger charge is 2.39. The summed E-state index contributed by atoms with van der Waals surface area (Å²) >= 11 is 0. The van der Waals surface area contributed by atoms with Crippen molar-refractivity contribution in [3.05, 3.63) is 29.6 Å². The molecule has 0 aromatic heterocycles. The van der Waals surface area contributed by atoms with Gasteiger partial charge in [0.25, 0.3) is 0 Å². The fourth-order valence-electron chi connectivity index (χ4n) is 2.78. The van der Waals surface area contributed by atoms with E-state index in [9.17, 15) is 17.6 Å². The van der Waals surface area contributed by atoms with E-state index in [4.69, 9.17) is 5.11 Å². The third-order valence-electron chi connectivity index (χ3n) is 4.24. The summed E-state index contributed by atoms with van der Waals surface area (Å²) in [4.78, 5) is 10.7. The largest absolute Gasteiger partial charge is 0.481 e. The Kier molecular flexibility index (Phi) is 3.51. The first-order valence-electron chi connectivity index (χ1n) is 7.14. The Hall–Kier alpha value is -1.43. The molecule has 2 fully saturated rings. The fourth-order valence-corrected chi connectivity index (χ4v) is 4.48. The van der Waals surface area contributed by atoms with Crippen molar-refractivity contribution in [1.29, 1.82) is 0 Å². The zero-order chi connectivity index (χ0) is 15.2. The molecule has 21 heavy (non-hydrogen) atoms. The van der Waals surface area contributed by atoms with Crippen molar-refractivity contribution < 1.29 is 22.7 Å². The average Bonchev–Trinajstić information content (AvgIpc) is 3.28. The SMILES string of the molecule is O=C(O)CC(c1ccc(S(=O)(=O)C2CC2)c(F)c1)C1CC1. The van der Waals surface area contributed by atoms with E-state index in [1.165, 1.54) is 12.1 Å². The van der Waals surface area contributed by atoms with E-state index in [1.807, 2.05) is 0 Å². The summed E-state index contributed by atoms with van der Waals surface area (Å²) in [5.41, 5.74) is 0.590. The molecule has 1 aromatic rings. The molecule has 2 aliphatic rings. The molecule has 2 saturated carbocycles. The highest BCUT2D eigenvalue weighted by molar-refractivity contribution is 7.92. The van der Waals surface area contributed by atoms with Crippen LogP contribution in [0.3, 0.4) is 0 Å². The van der Waals surface area contributed by atoms with Gasteiger partial charge in [-0.1, -0.05) is 6.07 Å². The van der Waals surface area contributed by atoms with Gasteiger partial charge >= 0.3 is 5.97 Å². The third-order valence-corrected chi connectivity index (χ3v) is 6.53. The molecule has 0 bridgehead atoms. The lowest BCUT2D eigenvalue weighted by molar-refractivity contribution is -0.137. The number of benzene rings is 1. The minimum Gasteiger partial charge on any atom is -0.481 e. The number of halogens is 1. The number of sulfone groups is 1. The topological polar surface area (TPSA) is 71.4 Å². The zero-order valence-corrected chi connectivity index (χ0v) is 12.3. The van der Waals surface area contributed by atoms with E-state index in [-0.39, 0.29) is 23.2 Å². The van der Waals surface area contributed by atoms with E-state index in [1.54, 1.807) is 6.07 Å². The van der Waals surface area contributed by atoms with Gasteiger partial charge in [-0.3, -0.25) is 4.79 Å². The molecule has 0 aliphatic heterocycles. The van der Waals surface area contributed by atoms with Gasteiger partial charge in [-0.2, -0.15) is 0 Å². The summed E-state index contributed by atoms with van der Waals surface area (Å²) in [6.07, 6.45) is 3.03. The minimum atomic E-state index is -3.56. The highest BCUT2D eigenvalue weighted by Crippen LogP contribution is 2.45. The number of aliphatic carboxylic acids is 1. The van der Waals surface area contributed by atoms with Crippen LogP contribution in [0.2, 0.25) is 0 Å². The molecule has 6 heteroatoms. The summed E-state index contributed by atoms with van der Waals surface area (Å²) < 4.78 is 38.4. The van der Waals surface area contributed by atoms with E-state index in [0.717, 1.165) is 12.8 Å². The predicted octanol–water partition coefficient (Wildman–Crippen LogP) is 2.73. The molecule has 3 rings (SSSR count). The van der Waals surface area contributed by atoms with Crippen LogP contribution >= 0.6 is 0 Å². The normalized spacial score (nSPS) is 20.2. The van der Waals surface area contributed by atoms with Crippen LogP contribution in [0.5, 0.6) is 0 Å². The maximum atomic E-state index is 14.2. The second-order valence-electron chi connectivity index (χ2n) is 5.98. The van der Waals surface area contributed by atoms with E-state index in [2.05, 4.69) is 0 Å². The molecule has 0 amide bonds. The lowest BCUT2D eigenvalue weighted by Gasteiger charge is -2.15. The first-order valence-corrected chi connectivity index (χ1v) is 8.69. The lowest BCUT2D eigenvalue weighted by Crippen LogP contribution is -2.12. The third kappa shape index (κ3) is 2.95. The van der Waals surface area contributed by atoms with Crippen molar-refractivity contribution >= 4 is 15.8 Å². The van der Waals surface area contributed by atoms with Crippen molar-refractivity contribution in [2.75, 3.05) is 0 Å². The Morgan fingerprint density at radius 3 is 2.43 bits per heavy atom. The number of carboxylic acid groups (broad SMARTS) is 1. The van der Waals surface area contributed by atoms with Gasteiger partial charge in [-0.15, -0.1) is 0 Å². The van der Waals surface area contributed by atoms with Crippen LogP contribution in [0.4, 0.5) is 4.39 Å². The molecule has 114 valence electrons. The first kappa shape index (κ1) is 14.5. The van der Waals surface area contributed by atoms with Gasteiger partial charge < -0.3 is 5.11 Å². The summed E-state index contributed by atoms with van der Waals surface area (Å²) in [5, 5.41) is 8.52. The Bertz CT molecular complexity index is 675. The Morgan fingerprint density at radius 2 is 1.95 bits per heavy atom. The van der Waals surface area contributed by atoms with Crippen LogP contribution in [0.1, 0.15) is 43.6 Å². The van der Waals surface area contributed by atoms with E-state index in [0.29, 0.717) is 18.4 Å². The van der Waals surface area contributed by atoms with Gasteiger partial charge in [0.2, 0.25) is 0 Å². The van der Waals surface area contributed by atoms with Gasteiger partial charge in [0.1, 0.15) is 10.7 Å². The van der Waals surface area contributed by atoms with Crippen molar-refractivity contribution in [3.8, 4) is 0 Å². The summed E-state index contributed by atoms with van der Waals surface area (Å²) in [5.74, 6) is -1.63. The molecule has 0 saturated heterocycles. The standard InChI is InChI=1S/C15H17FO4S/c16-13-7-10(12(8-15(17)18)9-1-2-9)3-6-14(13)21(19,20)11-4-5-11/h3,6-7,9,11-12H,1-2,4-5,8H2,(H,17,18). The number of rotatable bonds is 6. The van der Waals surface area contributed by atoms with E-state index >= 15 is 0 Å². The minimum absolute atomic E-state index is 0.0428. The molecule has 1 N–H and O–H groups in total. The second kappa shape index (κ2) is 5.09. The maximum absolute atomic E-state index is 14.2.